The Hall–Kier alpha value is -2.96. The number of ether oxygens (including phenoxy) is 1. The highest BCUT2D eigenvalue weighted by molar-refractivity contribution is 5.99. The molecular formula is C29H34N2O4. The van der Waals surface area contributed by atoms with Crippen molar-refractivity contribution in [3.05, 3.63) is 80.2 Å². The van der Waals surface area contributed by atoms with Gasteiger partial charge in [-0.1, -0.05) is 38.1 Å². The van der Waals surface area contributed by atoms with Crippen LogP contribution in [0.2, 0.25) is 0 Å². The van der Waals surface area contributed by atoms with Crippen molar-refractivity contribution in [2.75, 3.05) is 39.4 Å². The smallest absolute Gasteiger partial charge is 0.290 e. The standard InChI is InChI=1S/C29H34N2O4/c1-18(2)21-6-8-22(9-7-21)26-25-27(32)23-16-19(3)20(4)17-24(23)35-28(25)29(33)31(26)11-5-10-30-12-14-34-15-13-30/h6-9,16-18,26H,5,10-15H2,1-4H3/t26-/m0/s1. The van der Waals surface area contributed by atoms with Gasteiger partial charge in [0.15, 0.2) is 5.43 Å². The van der Waals surface area contributed by atoms with Crippen molar-refractivity contribution >= 4 is 16.9 Å². The largest absolute Gasteiger partial charge is 0.450 e. The van der Waals surface area contributed by atoms with Gasteiger partial charge in [0.1, 0.15) is 5.58 Å². The van der Waals surface area contributed by atoms with Crippen LogP contribution in [0, 0.1) is 13.8 Å². The Labute approximate surface area is 206 Å². The maximum absolute atomic E-state index is 13.8. The van der Waals surface area contributed by atoms with Crippen LogP contribution in [0.3, 0.4) is 0 Å². The Balaban J connectivity index is 1.55. The molecule has 1 aromatic heterocycles. The second kappa shape index (κ2) is 9.59. The van der Waals surface area contributed by atoms with E-state index in [1.807, 2.05) is 30.9 Å². The third-order valence-electron chi connectivity index (χ3n) is 7.48. The Bertz CT molecular complexity index is 1300. The SMILES string of the molecule is Cc1cc2oc3c(c(=O)c2cc1C)[C@H](c1ccc(C(C)C)cc1)N(CCCN1CCOCC1)C3=O. The number of aryl methyl sites for hydroxylation is 2. The number of morpholine rings is 1. The Kier molecular flexibility index (Phi) is 6.51. The van der Waals surface area contributed by atoms with Crippen LogP contribution >= 0.6 is 0 Å². The molecule has 2 aliphatic rings. The number of carbonyl (C=O) groups is 1. The van der Waals surface area contributed by atoms with Gasteiger partial charge in [0.05, 0.1) is 30.2 Å². The molecule has 35 heavy (non-hydrogen) atoms. The summed E-state index contributed by atoms with van der Waals surface area (Å²) in [6.45, 7) is 13.1. The van der Waals surface area contributed by atoms with E-state index >= 15 is 0 Å². The molecule has 3 heterocycles. The average molecular weight is 475 g/mol. The first-order valence-corrected chi connectivity index (χ1v) is 12.6. The van der Waals surface area contributed by atoms with E-state index in [1.54, 1.807) is 0 Å². The van der Waals surface area contributed by atoms with Crippen molar-refractivity contribution in [2.45, 2.75) is 46.1 Å². The van der Waals surface area contributed by atoms with E-state index < -0.39 is 6.04 Å². The van der Waals surface area contributed by atoms with Gasteiger partial charge < -0.3 is 14.1 Å². The fourth-order valence-electron chi connectivity index (χ4n) is 5.21. The molecule has 3 aromatic rings. The van der Waals surface area contributed by atoms with Crippen LogP contribution in [0.4, 0.5) is 0 Å². The topological polar surface area (TPSA) is 63.0 Å². The lowest BCUT2D eigenvalue weighted by Gasteiger charge is -2.29. The first-order valence-electron chi connectivity index (χ1n) is 12.6. The summed E-state index contributed by atoms with van der Waals surface area (Å²) < 4.78 is 11.6. The zero-order valence-electron chi connectivity index (χ0n) is 21.1. The number of hydrogen-bond donors (Lipinski definition) is 0. The summed E-state index contributed by atoms with van der Waals surface area (Å²) in [5.41, 5.74) is 5.09. The summed E-state index contributed by atoms with van der Waals surface area (Å²) in [5, 5.41) is 0.540. The molecule has 1 saturated heterocycles. The molecule has 1 atom stereocenters. The second-order valence-corrected chi connectivity index (χ2v) is 10.1. The molecule has 0 aliphatic carbocycles. The molecule has 1 fully saturated rings. The Morgan fingerprint density at radius 2 is 1.66 bits per heavy atom. The summed E-state index contributed by atoms with van der Waals surface area (Å²) in [5.74, 6) is 0.401. The number of rotatable bonds is 6. The van der Waals surface area contributed by atoms with E-state index in [0.717, 1.165) is 56.0 Å². The van der Waals surface area contributed by atoms with Crippen LogP contribution in [0.1, 0.15) is 70.6 Å². The monoisotopic (exact) mass is 474 g/mol. The van der Waals surface area contributed by atoms with E-state index in [0.29, 0.717) is 29.0 Å². The quantitative estimate of drug-likeness (QED) is 0.514. The number of benzene rings is 2. The number of carbonyl (C=O) groups excluding carboxylic acids is 1. The number of amides is 1. The van der Waals surface area contributed by atoms with Crippen molar-refractivity contribution in [1.82, 2.24) is 9.80 Å². The van der Waals surface area contributed by atoms with E-state index in [4.69, 9.17) is 9.15 Å². The minimum absolute atomic E-state index is 0.105. The lowest BCUT2D eigenvalue weighted by Crippen LogP contribution is -2.38. The summed E-state index contributed by atoms with van der Waals surface area (Å²) in [7, 11) is 0. The molecule has 0 unspecified atom stereocenters. The molecule has 0 radical (unpaired) electrons. The van der Waals surface area contributed by atoms with Crippen LogP contribution in [-0.4, -0.2) is 55.1 Å². The molecule has 0 saturated carbocycles. The van der Waals surface area contributed by atoms with Gasteiger partial charge in [-0.3, -0.25) is 14.5 Å². The molecule has 0 N–H and O–H groups in total. The van der Waals surface area contributed by atoms with Gasteiger partial charge >= 0.3 is 0 Å². The molecular weight excluding hydrogens is 440 g/mol. The molecule has 2 aromatic carbocycles. The zero-order valence-corrected chi connectivity index (χ0v) is 21.1. The van der Waals surface area contributed by atoms with Gasteiger partial charge in [-0.05, 0) is 60.6 Å². The van der Waals surface area contributed by atoms with Gasteiger partial charge in [0.2, 0.25) is 5.76 Å². The lowest BCUT2D eigenvalue weighted by molar-refractivity contribution is 0.0353. The van der Waals surface area contributed by atoms with Crippen molar-refractivity contribution in [3.63, 3.8) is 0 Å². The van der Waals surface area contributed by atoms with Gasteiger partial charge in [-0.15, -0.1) is 0 Å². The maximum atomic E-state index is 13.8. The fraction of sp³-hybridized carbons (Fsp3) is 0.448. The van der Waals surface area contributed by atoms with Crippen molar-refractivity contribution in [1.29, 1.82) is 0 Å². The highest BCUT2D eigenvalue weighted by atomic mass is 16.5. The third-order valence-corrected chi connectivity index (χ3v) is 7.48. The molecule has 2 aliphatic heterocycles. The van der Waals surface area contributed by atoms with Crippen LogP contribution in [0.15, 0.2) is 45.6 Å². The first-order chi connectivity index (χ1) is 16.8. The minimum Gasteiger partial charge on any atom is -0.450 e. The van der Waals surface area contributed by atoms with Gasteiger partial charge in [-0.25, -0.2) is 0 Å². The average Bonchev–Trinajstić information content (AvgIpc) is 3.13. The number of hydrogen-bond acceptors (Lipinski definition) is 5. The van der Waals surface area contributed by atoms with Gasteiger partial charge in [0, 0.05) is 26.2 Å². The lowest BCUT2D eigenvalue weighted by atomic mass is 9.95. The van der Waals surface area contributed by atoms with Crippen LogP contribution in [-0.2, 0) is 4.74 Å². The van der Waals surface area contributed by atoms with Crippen molar-refractivity contribution in [3.8, 4) is 0 Å². The summed E-state index contributed by atoms with van der Waals surface area (Å²) in [4.78, 5) is 31.6. The summed E-state index contributed by atoms with van der Waals surface area (Å²) in [6, 6.07) is 11.6. The van der Waals surface area contributed by atoms with Crippen LogP contribution in [0.25, 0.3) is 11.0 Å². The first kappa shape index (κ1) is 23.8. The van der Waals surface area contributed by atoms with E-state index in [1.165, 1.54) is 5.56 Å². The van der Waals surface area contributed by atoms with E-state index in [-0.39, 0.29) is 17.1 Å². The fourth-order valence-corrected chi connectivity index (χ4v) is 5.21. The summed E-state index contributed by atoms with van der Waals surface area (Å²) >= 11 is 0. The Morgan fingerprint density at radius 1 is 0.971 bits per heavy atom. The molecule has 0 bridgehead atoms. The zero-order chi connectivity index (χ0) is 24.7. The molecule has 5 rings (SSSR count). The molecule has 0 spiro atoms. The molecule has 184 valence electrons. The number of fused-ring (bicyclic) bond motifs is 2. The van der Waals surface area contributed by atoms with Gasteiger partial charge in [-0.2, -0.15) is 0 Å². The Morgan fingerprint density at radius 3 is 2.34 bits per heavy atom. The normalized spacial score (nSPS) is 18.6. The highest BCUT2D eigenvalue weighted by Gasteiger charge is 2.42. The maximum Gasteiger partial charge on any atom is 0.290 e. The molecule has 6 heteroatoms. The summed E-state index contributed by atoms with van der Waals surface area (Å²) in [6.07, 6.45) is 0.826. The van der Waals surface area contributed by atoms with Gasteiger partial charge in [0.25, 0.3) is 5.91 Å². The minimum atomic E-state index is -0.439. The van der Waals surface area contributed by atoms with Crippen LogP contribution in [0.5, 0.6) is 0 Å². The van der Waals surface area contributed by atoms with Crippen molar-refractivity contribution < 1.29 is 13.9 Å². The number of nitrogens with zero attached hydrogens (tertiary/aromatic N) is 2. The second-order valence-electron chi connectivity index (χ2n) is 10.1. The molecule has 6 nitrogen and oxygen atoms in total. The molecule has 1 amide bonds. The van der Waals surface area contributed by atoms with E-state index in [2.05, 4.69) is 43.0 Å². The predicted octanol–water partition coefficient (Wildman–Crippen LogP) is 4.80. The highest BCUT2D eigenvalue weighted by Crippen LogP contribution is 2.39. The van der Waals surface area contributed by atoms with Crippen molar-refractivity contribution in [2.24, 2.45) is 0 Å². The van der Waals surface area contributed by atoms with Crippen LogP contribution < -0.4 is 5.43 Å². The third kappa shape index (κ3) is 4.41. The predicted molar refractivity (Wildman–Crippen MR) is 137 cm³/mol. The van der Waals surface area contributed by atoms with E-state index in [9.17, 15) is 9.59 Å².